The summed E-state index contributed by atoms with van der Waals surface area (Å²) < 4.78 is 30.2. The summed E-state index contributed by atoms with van der Waals surface area (Å²) in [5.74, 6) is 4.30. The summed E-state index contributed by atoms with van der Waals surface area (Å²) in [5, 5.41) is 0.0655. The van der Waals surface area contributed by atoms with Gasteiger partial charge >= 0.3 is 5.97 Å². The second-order valence-corrected chi connectivity index (χ2v) is 16.9. The number of rotatable bonds is 14. The van der Waals surface area contributed by atoms with Crippen LogP contribution in [0.1, 0.15) is 85.1 Å². The summed E-state index contributed by atoms with van der Waals surface area (Å²) >= 11 is 0. The molecule has 0 unspecified atom stereocenters. The molecule has 0 N–H and O–H groups in total. The summed E-state index contributed by atoms with van der Waals surface area (Å²) in [6.45, 7) is 16.6. The van der Waals surface area contributed by atoms with Crippen molar-refractivity contribution in [2.45, 2.75) is 128 Å². The molecule has 0 saturated carbocycles. The number of unbranched alkanes of at least 4 members (excludes halogenated alkanes) is 3. The number of carbonyl (C=O) groups excluding carboxylic acids is 1. The zero-order chi connectivity index (χ0) is 28.2. The lowest BCUT2D eigenvalue weighted by molar-refractivity contribution is -0.154. The summed E-state index contributed by atoms with van der Waals surface area (Å²) in [4.78, 5) is 11.4. The number of carbonyl (C=O) groups is 1. The van der Waals surface area contributed by atoms with Crippen molar-refractivity contribution in [3.8, 4) is 11.8 Å². The Bertz CT molecular complexity index is 896. The van der Waals surface area contributed by atoms with E-state index in [0.717, 1.165) is 38.7 Å². The van der Waals surface area contributed by atoms with Gasteiger partial charge in [-0.1, -0.05) is 76.3 Å². The van der Waals surface area contributed by atoms with Gasteiger partial charge in [0.25, 0.3) is 0 Å². The van der Waals surface area contributed by atoms with E-state index >= 15 is 0 Å². The molecule has 2 rings (SSSR count). The molecule has 0 spiro atoms. The standard InChI is InChI=1S/C31H50O6Si/c1-30(2,3)38(7,8)37-27(21-15-16-22-28(32)33-6)29-26(35-31(4,5)36-29)20-14-9-10-17-23-34-24-25-18-12-11-13-19-25/h11-13,18-19,26-27,29H,9-10,14-15,17,20-21,23-24H2,1-8H3/t26-,27+,29-/m0/s1. The summed E-state index contributed by atoms with van der Waals surface area (Å²) in [7, 11) is -0.729. The second-order valence-electron chi connectivity index (χ2n) is 12.1. The topological polar surface area (TPSA) is 63.2 Å². The maximum absolute atomic E-state index is 11.4. The maximum atomic E-state index is 11.4. The third-order valence-electron chi connectivity index (χ3n) is 7.41. The quantitative estimate of drug-likeness (QED) is 0.0821. The highest BCUT2D eigenvalue weighted by atomic mass is 28.4. The molecule has 1 saturated heterocycles. The fraction of sp³-hybridized carbons (Fsp3) is 0.710. The Morgan fingerprint density at radius 2 is 1.76 bits per heavy atom. The van der Waals surface area contributed by atoms with Gasteiger partial charge in [-0.3, -0.25) is 0 Å². The smallest absolute Gasteiger partial charge is 0.384 e. The molecule has 0 radical (unpaired) electrons. The van der Waals surface area contributed by atoms with Crippen LogP contribution in [-0.2, 0) is 34.8 Å². The first kappa shape index (κ1) is 32.5. The molecule has 1 aromatic carbocycles. The van der Waals surface area contributed by atoms with Crippen LogP contribution >= 0.6 is 0 Å². The van der Waals surface area contributed by atoms with Crippen LogP contribution in [0.15, 0.2) is 30.3 Å². The Morgan fingerprint density at radius 1 is 1.08 bits per heavy atom. The SMILES string of the molecule is COC(=O)C#CCC[C@@H](O[Si](C)(C)C(C)(C)C)[C@H]1OC(C)(C)O[C@H]1CCCCCCOCc1ccccc1. The lowest BCUT2D eigenvalue weighted by Crippen LogP contribution is -2.49. The molecule has 7 heteroatoms. The van der Waals surface area contributed by atoms with Gasteiger partial charge in [0.15, 0.2) is 14.1 Å². The van der Waals surface area contributed by atoms with Gasteiger partial charge in [0, 0.05) is 18.9 Å². The Kier molecular flexibility index (Phi) is 13.0. The van der Waals surface area contributed by atoms with Gasteiger partial charge in [-0.15, -0.1) is 0 Å². The van der Waals surface area contributed by atoms with Gasteiger partial charge in [-0.05, 0) is 56.8 Å². The normalized spacial score (nSPS) is 20.0. The van der Waals surface area contributed by atoms with E-state index in [4.69, 9.17) is 18.6 Å². The Labute approximate surface area is 232 Å². The molecular formula is C31H50O6Si. The van der Waals surface area contributed by atoms with Crippen LogP contribution in [0.3, 0.4) is 0 Å². The van der Waals surface area contributed by atoms with E-state index in [1.54, 1.807) is 0 Å². The molecule has 38 heavy (non-hydrogen) atoms. The van der Waals surface area contributed by atoms with Crippen LogP contribution in [0.4, 0.5) is 0 Å². The second kappa shape index (κ2) is 15.2. The van der Waals surface area contributed by atoms with Gasteiger partial charge in [0.2, 0.25) is 0 Å². The van der Waals surface area contributed by atoms with Crippen LogP contribution in [0.5, 0.6) is 0 Å². The molecule has 1 aliphatic heterocycles. The van der Waals surface area contributed by atoms with Gasteiger partial charge in [0.1, 0.15) is 6.10 Å². The molecular weight excluding hydrogens is 496 g/mol. The average Bonchev–Trinajstić information content (AvgIpc) is 3.16. The summed E-state index contributed by atoms with van der Waals surface area (Å²) in [5.41, 5.74) is 1.21. The van der Waals surface area contributed by atoms with Gasteiger partial charge < -0.3 is 23.4 Å². The molecule has 1 fully saturated rings. The van der Waals surface area contributed by atoms with Crippen LogP contribution in [0.25, 0.3) is 0 Å². The third kappa shape index (κ3) is 11.2. The van der Waals surface area contributed by atoms with Crippen molar-refractivity contribution in [2.75, 3.05) is 13.7 Å². The monoisotopic (exact) mass is 546 g/mol. The fourth-order valence-electron chi connectivity index (χ4n) is 4.31. The molecule has 0 aromatic heterocycles. The molecule has 0 bridgehead atoms. The van der Waals surface area contributed by atoms with Crippen molar-refractivity contribution >= 4 is 14.3 Å². The van der Waals surface area contributed by atoms with Gasteiger partial charge in [-0.25, -0.2) is 4.79 Å². The van der Waals surface area contributed by atoms with Crippen molar-refractivity contribution < 1.29 is 28.2 Å². The van der Waals surface area contributed by atoms with Crippen molar-refractivity contribution in [3.05, 3.63) is 35.9 Å². The molecule has 1 aromatic rings. The van der Waals surface area contributed by atoms with E-state index in [9.17, 15) is 4.79 Å². The largest absolute Gasteiger partial charge is 0.459 e. The predicted octanol–water partition coefficient (Wildman–Crippen LogP) is 7.02. The zero-order valence-electron chi connectivity index (χ0n) is 24.9. The molecule has 1 aliphatic rings. The average molecular weight is 547 g/mol. The van der Waals surface area contributed by atoms with E-state index in [2.05, 4.69) is 62.6 Å². The van der Waals surface area contributed by atoms with Crippen LogP contribution < -0.4 is 0 Å². The van der Waals surface area contributed by atoms with Crippen LogP contribution in [-0.4, -0.2) is 52.1 Å². The number of benzene rings is 1. The summed E-state index contributed by atoms with van der Waals surface area (Å²) in [6, 6.07) is 10.3. The number of methoxy groups -OCH3 is 1. The van der Waals surface area contributed by atoms with Crippen molar-refractivity contribution in [3.63, 3.8) is 0 Å². The highest BCUT2D eigenvalue weighted by molar-refractivity contribution is 6.74. The first-order valence-electron chi connectivity index (χ1n) is 14.1. The minimum atomic E-state index is -2.07. The first-order chi connectivity index (χ1) is 17.8. The molecule has 0 amide bonds. The van der Waals surface area contributed by atoms with E-state index in [0.29, 0.717) is 19.4 Å². The fourth-order valence-corrected chi connectivity index (χ4v) is 5.68. The Hall–Kier alpha value is -1.69. The van der Waals surface area contributed by atoms with Crippen LogP contribution in [0.2, 0.25) is 18.1 Å². The molecule has 0 aliphatic carbocycles. The molecule has 6 nitrogen and oxygen atoms in total. The van der Waals surface area contributed by atoms with E-state index in [1.165, 1.54) is 12.7 Å². The summed E-state index contributed by atoms with van der Waals surface area (Å²) in [6.07, 6.45) is 6.14. The minimum absolute atomic E-state index is 0.0392. The predicted molar refractivity (Wildman–Crippen MR) is 154 cm³/mol. The third-order valence-corrected chi connectivity index (χ3v) is 11.9. The van der Waals surface area contributed by atoms with Crippen molar-refractivity contribution in [1.82, 2.24) is 0 Å². The molecule has 214 valence electrons. The Morgan fingerprint density at radius 3 is 2.42 bits per heavy atom. The van der Waals surface area contributed by atoms with Gasteiger partial charge in [-0.2, -0.15) is 0 Å². The van der Waals surface area contributed by atoms with E-state index < -0.39 is 20.1 Å². The number of ether oxygens (including phenoxy) is 4. The molecule has 1 heterocycles. The zero-order valence-corrected chi connectivity index (χ0v) is 25.9. The number of hydrogen-bond acceptors (Lipinski definition) is 6. The number of hydrogen-bond donors (Lipinski definition) is 0. The minimum Gasteiger partial charge on any atom is -0.459 e. The van der Waals surface area contributed by atoms with Crippen LogP contribution in [0, 0.1) is 11.8 Å². The lowest BCUT2D eigenvalue weighted by Gasteiger charge is -2.41. The highest BCUT2D eigenvalue weighted by Crippen LogP contribution is 2.41. The van der Waals surface area contributed by atoms with Gasteiger partial charge in [0.05, 0.1) is 25.9 Å². The van der Waals surface area contributed by atoms with E-state index in [1.807, 2.05) is 32.0 Å². The number of esters is 1. The van der Waals surface area contributed by atoms with E-state index in [-0.39, 0.29) is 23.4 Å². The lowest BCUT2D eigenvalue weighted by atomic mass is 9.99. The molecule has 3 atom stereocenters. The van der Waals surface area contributed by atoms with Crippen molar-refractivity contribution in [1.29, 1.82) is 0 Å². The first-order valence-corrected chi connectivity index (χ1v) is 17.0. The Balaban J connectivity index is 1.91. The van der Waals surface area contributed by atoms with Crippen molar-refractivity contribution in [2.24, 2.45) is 0 Å². The highest BCUT2D eigenvalue weighted by Gasteiger charge is 2.48. The maximum Gasteiger partial charge on any atom is 0.384 e.